The fourth-order valence-corrected chi connectivity index (χ4v) is 5.58. The van der Waals surface area contributed by atoms with Gasteiger partial charge in [-0.1, -0.05) is 68.8 Å². The molecule has 3 aromatic rings. The summed E-state index contributed by atoms with van der Waals surface area (Å²) in [6, 6.07) is 19.2. The predicted molar refractivity (Wildman–Crippen MR) is 139 cm³/mol. The van der Waals surface area contributed by atoms with Gasteiger partial charge in [0.15, 0.2) is 11.0 Å². The first-order valence-electron chi connectivity index (χ1n) is 11.8. The SMILES string of the molecule is C=CC1=C(N(Cc2ccccn2)C(C)=O)N(S(=O)c2ccc(-c3ccccc3)nc2)[C@H]1CCCC. The maximum Gasteiger partial charge on any atom is 0.225 e. The van der Waals surface area contributed by atoms with E-state index in [1.807, 2.05) is 65.0 Å². The Balaban J connectivity index is 1.68. The molecule has 1 aromatic carbocycles. The molecule has 0 spiro atoms. The summed E-state index contributed by atoms with van der Waals surface area (Å²) < 4.78 is 15.7. The van der Waals surface area contributed by atoms with E-state index in [-0.39, 0.29) is 11.9 Å². The lowest BCUT2D eigenvalue weighted by atomic mass is 9.94. The largest absolute Gasteiger partial charge is 0.292 e. The molecule has 1 aliphatic heterocycles. The molecule has 2 atom stereocenters. The zero-order chi connectivity index (χ0) is 24.8. The van der Waals surface area contributed by atoms with Crippen molar-refractivity contribution in [1.82, 2.24) is 19.2 Å². The molecular weight excluding hydrogens is 456 g/mol. The standard InChI is InChI=1S/C28H30N4O2S/c1-4-6-15-27-25(5-2)28(31(21(3)33)20-23-14-10-11-18-29-23)32(27)35(34)24-16-17-26(30-19-24)22-12-8-7-9-13-22/h5,7-14,16-19,27H,2,4,6,15,20H2,1,3H3/t27-,35?/m0/s1. The molecule has 0 saturated carbocycles. The minimum Gasteiger partial charge on any atom is -0.292 e. The average Bonchev–Trinajstić information content (AvgIpc) is 2.88. The van der Waals surface area contributed by atoms with E-state index in [1.54, 1.807) is 23.4 Å². The van der Waals surface area contributed by atoms with E-state index in [1.165, 1.54) is 6.92 Å². The summed E-state index contributed by atoms with van der Waals surface area (Å²) in [7, 11) is -1.54. The monoisotopic (exact) mass is 486 g/mol. The number of rotatable bonds is 10. The van der Waals surface area contributed by atoms with Gasteiger partial charge in [-0.3, -0.25) is 24.0 Å². The van der Waals surface area contributed by atoms with Crippen LogP contribution in [-0.2, 0) is 22.3 Å². The van der Waals surface area contributed by atoms with E-state index in [2.05, 4.69) is 23.5 Å². The van der Waals surface area contributed by atoms with E-state index >= 15 is 0 Å². The minimum absolute atomic E-state index is 0.0809. The van der Waals surface area contributed by atoms with Crippen molar-refractivity contribution in [2.75, 3.05) is 0 Å². The van der Waals surface area contributed by atoms with Crippen LogP contribution in [0.25, 0.3) is 11.3 Å². The molecular formula is C28H30N4O2S. The Hall–Kier alpha value is -3.58. The first kappa shape index (κ1) is 24.5. The van der Waals surface area contributed by atoms with Crippen LogP contribution in [0.1, 0.15) is 38.8 Å². The number of unbranched alkanes of at least 4 members (excludes halogenated alkanes) is 1. The first-order chi connectivity index (χ1) is 17.0. The van der Waals surface area contributed by atoms with Crippen molar-refractivity contribution in [3.8, 4) is 11.3 Å². The molecule has 4 rings (SSSR count). The Labute approximate surface area is 209 Å². The van der Waals surface area contributed by atoms with Crippen LogP contribution in [0.5, 0.6) is 0 Å². The van der Waals surface area contributed by atoms with E-state index in [0.717, 1.165) is 41.8 Å². The van der Waals surface area contributed by atoms with Gasteiger partial charge in [0.05, 0.1) is 28.9 Å². The van der Waals surface area contributed by atoms with Crippen LogP contribution in [-0.4, -0.2) is 35.3 Å². The second-order valence-corrected chi connectivity index (χ2v) is 9.75. The van der Waals surface area contributed by atoms with Crippen molar-refractivity contribution in [2.24, 2.45) is 0 Å². The Bertz CT molecular complexity index is 1230. The quantitative estimate of drug-likeness (QED) is 0.380. The Morgan fingerprint density at radius 3 is 2.49 bits per heavy atom. The van der Waals surface area contributed by atoms with Crippen molar-refractivity contribution in [3.05, 3.63) is 103 Å². The van der Waals surface area contributed by atoms with Gasteiger partial charge < -0.3 is 0 Å². The van der Waals surface area contributed by atoms with Gasteiger partial charge in [-0.05, 0) is 30.7 Å². The van der Waals surface area contributed by atoms with Crippen molar-refractivity contribution in [3.63, 3.8) is 0 Å². The van der Waals surface area contributed by atoms with Crippen molar-refractivity contribution in [1.29, 1.82) is 0 Å². The molecule has 1 amide bonds. The van der Waals surface area contributed by atoms with Crippen molar-refractivity contribution < 1.29 is 9.00 Å². The second-order valence-electron chi connectivity index (χ2n) is 8.39. The molecule has 2 aromatic heterocycles. The molecule has 0 aliphatic carbocycles. The smallest absolute Gasteiger partial charge is 0.225 e. The number of nitrogens with zero attached hydrogens (tertiary/aromatic N) is 4. The number of pyridine rings is 2. The molecule has 0 N–H and O–H groups in total. The van der Waals surface area contributed by atoms with Crippen LogP contribution >= 0.6 is 0 Å². The summed E-state index contributed by atoms with van der Waals surface area (Å²) in [5.41, 5.74) is 3.52. The highest BCUT2D eigenvalue weighted by molar-refractivity contribution is 7.82. The van der Waals surface area contributed by atoms with Gasteiger partial charge in [0.25, 0.3) is 0 Å². The molecule has 0 bridgehead atoms. The topological polar surface area (TPSA) is 66.4 Å². The van der Waals surface area contributed by atoms with Gasteiger partial charge in [-0.15, -0.1) is 0 Å². The highest BCUT2D eigenvalue weighted by Gasteiger charge is 2.43. The average molecular weight is 487 g/mol. The number of carbonyl (C=O) groups excluding carboxylic acids is 1. The van der Waals surface area contributed by atoms with Crippen LogP contribution in [0.3, 0.4) is 0 Å². The maximum atomic E-state index is 13.9. The highest BCUT2D eigenvalue weighted by atomic mass is 32.2. The Kier molecular flexibility index (Phi) is 7.87. The molecule has 1 unspecified atom stereocenters. The summed E-state index contributed by atoms with van der Waals surface area (Å²) in [6.07, 6.45) is 7.99. The zero-order valence-electron chi connectivity index (χ0n) is 20.1. The number of hydrogen-bond donors (Lipinski definition) is 0. The predicted octanol–water partition coefficient (Wildman–Crippen LogP) is 5.49. The van der Waals surface area contributed by atoms with Crippen molar-refractivity contribution in [2.45, 2.75) is 50.6 Å². The third-order valence-corrected chi connectivity index (χ3v) is 7.46. The van der Waals surface area contributed by atoms with Crippen molar-refractivity contribution >= 4 is 16.9 Å². The maximum absolute atomic E-state index is 13.9. The lowest BCUT2D eigenvalue weighted by molar-refractivity contribution is -0.128. The summed E-state index contributed by atoms with van der Waals surface area (Å²) in [6.45, 7) is 7.95. The summed E-state index contributed by atoms with van der Waals surface area (Å²) >= 11 is 0. The molecule has 180 valence electrons. The summed E-state index contributed by atoms with van der Waals surface area (Å²) in [5, 5.41) is 0. The zero-order valence-corrected chi connectivity index (χ0v) is 20.9. The normalized spacial score (nSPS) is 15.9. The van der Waals surface area contributed by atoms with Gasteiger partial charge in [-0.2, -0.15) is 0 Å². The van der Waals surface area contributed by atoms with Gasteiger partial charge in [0.2, 0.25) is 5.91 Å². The minimum atomic E-state index is -1.54. The molecule has 1 aliphatic rings. The second kappa shape index (κ2) is 11.2. The van der Waals surface area contributed by atoms with Crippen LogP contribution < -0.4 is 0 Å². The molecule has 35 heavy (non-hydrogen) atoms. The number of aromatic nitrogens is 2. The molecule has 0 fully saturated rings. The van der Waals surface area contributed by atoms with Crippen LogP contribution in [0.4, 0.5) is 0 Å². The van der Waals surface area contributed by atoms with E-state index in [0.29, 0.717) is 17.3 Å². The van der Waals surface area contributed by atoms with E-state index in [4.69, 9.17) is 0 Å². The Morgan fingerprint density at radius 2 is 1.89 bits per heavy atom. The summed E-state index contributed by atoms with van der Waals surface area (Å²) in [4.78, 5) is 23.9. The van der Waals surface area contributed by atoms with Gasteiger partial charge in [-0.25, -0.2) is 4.21 Å². The van der Waals surface area contributed by atoms with Gasteiger partial charge in [0.1, 0.15) is 5.82 Å². The lowest BCUT2D eigenvalue weighted by Gasteiger charge is -2.47. The first-order valence-corrected chi connectivity index (χ1v) is 12.9. The van der Waals surface area contributed by atoms with Crippen LogP contribution in [0, 0.1) is 0 Å². The number of benzene rings is 1. The number of amides is 1. The van der Waals surface area contributed by atoms with Crippen LogP contribution in [0.2, 0.25) is 0 Å². The lowest BCUT2D eigenvalue weighted by Crippen LogP contribution is -2.53. The molecule has 3 heterocycles. The fourth-order valence-electron chi connectivity index (χ4n) is 4.22. The van der Waals surface area contributed by atoms with Crippen LogP contribution in [0.15, 0.2) is 102 Å². The number of hydrogen-bond acceptors (Lipinski definition) is 4. The van der Waals surface area contributed by atoms with Gasteiger partial charge >= 0.3 is 0 Å². The third-order valence-electron chi connectivity index (χ3n) is 6.03. The van der Waals surface area contributed by atoms with E-state index in [9.17, 15) is 9.00 Å². The molecule has 7 heteroatoms. The highest BCUT2D eigenvalue weighted by Crippen LogP contribution is 2.40. The molecule has 6 nitrogen and oxygen atoms in total. The summed E-state index contributed by atoms with van der Waals surface area (Å²) in [5.74, 6) is 0.489. The number of carbonyl (C=O) groups is 1. The Morgan fingerprint density at radius 1 is 1.11 bits per heavy atom. The van der Waals surface area contributed by atoms with E-state index < -0.39 is 11.0 Å². The molecule has 0 radical (unpaired) electrons. The fraction of sp³-hybridized carbons (Fsp3) is 0.250. The van der Waals surface area contributed by atoms with Gasteiger partial charge in [0, 0.05) is 30.5 Å². The third kappa shape index (κ3) is 5.25. The molecule has 0 saturated heterocycles.